The molecule has 0 saturated carbocycles. The van der Waals surface area contributed by atoms with Crippen molar-refractivity contribution in [3.05, 3.63) is 39.3 Å². The minimum Gasteiger partial charge on any atom is -0.370 e. The van der Waals surface area contributed by atoms with Gasteiger partial charge in [0, 0.05) is 22.8 Å². The predicted molar refractivity (Wildman–Crippen MR) is 79.5 cm³/mol. The molecule has 4 nitrogen and oxygen atoms in total. The number of halogens is 1. The maximum Gasteiger partial charge on any atom is 0.137 e. The fourth-order valence-electron chi connectivity index (χ4n) is 1.98. The van der Waals surface area contributed by atoms with E-state index in [1.165, 1.54) is 11.1 Å². The van der Waals surface area contributed by atoms with E-state index in [1.807, 2.05) is 26.1 Å². The van der Waals surface area contributed by atoms with Crippen LogP contribution in [0, 0.1) is 20.8 Å². The van der Waals surface area contributed by atoms with Crippen LogP contribution in [0.4, 0.5) is 5.82 Å². The van der Waals surface area contributed by atoms with E-state index in [-0.39, 0.29) is 0 Å². The fraction of sp³-hybridized carbons (Fsp3) is 0.429. The Hall–Kier alpha value is -1.36. The van der Waals surface area contributed by atoms with Gasteiger partial charge < -0.3 is 9.84 Å². The van der Waals surface area contributed by atoms with E-state index in [1.54, 1.807) is 0 Å². The van der Waals surface area contributed by atoms with Gasteiger partial charge in [-0.2, -0.15) is 0 Å². The molecule has 0 radical (unpaired) electrons. The summed E-state index contributed by atoms with van der Waals surface area (Å²) in [5, 5.41) is 7.29. The minimum absolute atomic E-state index is 0.887. The molecule has 2 heterocycles. The molecular weight excluding hydrogens is 306 g/mol. The second-order valence-electron chi connectivity index (χ2n) is 4.65. The predicted octanol–water partition coefficient (Wildman–Crippen LogP) is 3.80. The molecule has 0 bridgehead atoms. The number of pyridine rings is 1. The second kappa shape index (κ2) is 6.19. The highest BCUT2D eigenvalue weighted by Crippen LogP contribution is 2.18. The molecule has 0 saturated heterocycles. The normalized spacial score (nSPS) is 10.7. The van der Waals surface area contributed by atoms with Crippen LogP contribution in [0.3, 0.4) is 0 Å². The molecule has 0 spiro atoms. The van der Waals surface area contributed by atoms with E-state index in [4.69, 9.17) is 4.52 Å². The Morgan fingerprint density at radius 1 is 1.32 bits per heavy atom. The molecular formula is C14H18BrN3O. The van der Waals surface area contributed by atoms with Gasteiger partial charge in [-0.15, -0.1) is 0 Å². The Labute approximate surface area is 121 Å². The first-order valence-electron chi connectivity index (χ1n) is 6.35. The van der Waals surface area contributed by atoms with Crippen molar-refractivity contribution < 1.29 is 4.52 Å². The molecule has 5 heteroatoms. The van der Waals surface area contributed by atoms with Crippen molar-refractivity contribution in [1.82, 2.24) is 10.1 Å². The smallest absolute Gasteiger partial charge is 0.137 e. The zero-order chi connectivity index (χ0) is 13.8. The summed E-state index contributed by atoms with van der Waals surface area (Å²) in [6, 6.07) is 2.04. The van der Waals surface area contributed by atoms with Crippen LogP contribution in [0.15, 0.2) is 21.3 Å². The van der Waals surface area contributed by atoms with Crippen LogP contribution in [0.25, 0.3) is 0 Å². The summed E-state index contributed by atoms with van der Waals surface area (Å²) in [4.78, 5) is 4.32. The average molecular weight is 324 g/mol. The Morgan fingerprint density at radius 2 is 2.11 bits per heavy atom. The standard InChI is InChI=1S/C14H18BrN3O/c1-9-7-14(17-8-13(9)15)16-6-4-5-12-10(2)18-19-11(12)3/h7-8H,4-6H2,1-3H3,(H,16,17). The monoisotopic (exact) mass is 323 g/mol. The zero-order valence-corrected chi connectivity index (χ0v) is 13.0. The Balaban J connectivity index is 1.82. The first-order chi connectivity index (χ1) is 9.08. The fourth-order valence-corrected chi connectivity index (χ4v) is 2.19. The largest absolute Gasteiger partial charge is 0.370 e. The lowest BCUT2D eigenvalue weighted by molar-refractivity contribution is 0.392. The highest BCUT2D eigenvalue weighted by atomic mass is 79.9. The number of anilines is 1. The number of nitrogens with zero attached hydrogens (tertiary/aromatic N) is 2. The van der Waals surface area contributed by atoms with Crippen molar-refractivity contribution in [3.63, 3.8) is 0 Å². The van der Waals surface area contributed by atoms with Crippen molar-refractivity contribution >= 4 is 21.7 Å². The van der Waals surface area contributed by atoms with Gasteiger partial charge >= 0.3 is 0 Å². The van der Waals surface area contributed by atoms with Crippen LogP contribution in [0.5, 0.6) is 0 Å². The van der Waals surface area contributed by atoms with Gasteiger partial charge in [0.15, 0.2) is 0 Å². The molecule has 0 aromatic carbocycles. The summed E-state index contributed by atoms with van der Waals surface area (Å²) in [5.41, 5.74) is 3.40. The van der Waals surface area contributed by atoms with Crippen molar-refractivity contribution in [2.45, 2.75) is 33.6 Å². The summed E-state index contributed by atoms with van der Waals surface area (Å²) in [6.45, 7) is 6.89. The quantitative estimate of drug-likeness (QED) is 0.850. The van der Waals surface area contributed by atoms with Gasteiger partial charge in [0.2, 0.25) is 0 Å². The number of rotatable bonds is 5. The molecule has 0 aliphatic rings. The summed E-state index contributed by atoms with van der Waals surface area (Å²) in [5.74, 6) is 1.84. The molecule has 0 aliphatic heterocycles. The maximum absolute atomic E-state index is 5.15. The summed E-state index contributed by atoms with van der Waals surface area (Å²) in [6.07, 6.45) is 3.83. The maximum atomic E-state index is 5.15. The molecule has 0 amide bonds. The highest BCUT2D eigenvalue weighted by molar-refractivity contribution is 9.10. The molecule has 102 valence electrons. The van der Waals surface area contributed by atoms with Gasteiger partial charge in [-0.1, -0.05) is 5.16 Å². The second-order valence-corrected chi connectivity index (χ2v) is 5.51. The van der Waals surface area contributed by atoms with Gasteiger partial charge in [0.25, 0.3) is 0 Å². The number of hydrogen-bond acceptors (Lipinski definition) is 4. The van der Waals surface area contributed by atoms with Crippen molar-refractivity contribution in [2.75, 3.05) is 11.9 Å². The van der Waals surface area contributed by atoms with Crippen LogP contribution in [0.1, 0.15) is 29.0 Å². The molecule has 0 atom stereocenters. The summed E-state index contributed by atoms with van der Waals surface area (Å²) < 4.78 is 6.19. The minimum atomic E-state index is 0.887. The van der Waals surface area contributed by atoms with E-state index in [9.17, 15) is 0 Å². The molecule has 2 rings (SSSR count). The number of hydrogen-bond donors (Lipinski definition) is 1. The number of nitrogens with one attached hydrogen (secondary N) is 1. The van der Waals surface area contributed by atoms with Crippen molar-refractivity contribution in [2.24, 2.45) is 0 Å². The Kier molecular flexibility index (Phi) is 4.58. The van der Waals surface area contributed by atoms with E-state index in [0.717, 1.165) is 41.1 Å². The molecule has 19 heavy (non-hydrogen) atoms. The van der Waals surface area contributed by atoms with Crippen LogP contribution < -0.4 is 5.32 Å². The van der Waals surface area contributed by atoms with Crippen molar-refractivity contribution in [1.29, 1.82) is 0 Å². The Morgan fingerprint density at radius 3 is 2.74 bits per heavy atom. The van der Waals surface area contributed by atoms with Gasteiger partial charge in [-0.05, 0) is 61.2 Å². The number of aryl methyl sites for hydroxylation is 3. The van der Waals surface area contributed by atoms with E-state index < -0.39 is 0 Å². The van der Waals surface area contributed by atoms with Crippen LogP contribution in [0.2, 0.25) is 0 Å². The Bertz CT molecular complexity index is 546. The molecule has 2 aromatic heterocycles. The van der Waals surface area contributed by atoms with Crippen LogP contribution in [-0.4, -0.2) is 16.7 Å². The molecule has 2 aromatic rings. The van der Waals surface area contributed by atoms with E-state index in [2.05, 4.69) is 38.3 Å². The third-order valence-corrected chi connectivity index (χ3v) is 3.97. The zero-order valence-electron chi connectivity index (χ0n) is 11.5. The first kappa shape index (κ1) is 14.1. The summed E-state index contributed by atoms with van der Waals surface area (Å²) >= 11 is 3.45. The van der Waals surface area contributed by atoms with Crippen molar-refractivity contribution in [3.8, 4) is 0 Å². The topological polar surface area (TPSA) is 51.0 Å². The van der Waals surface area contributed by atoms with Gasteiger partial charge in [-0.25, -0.2) is 4.98 Å². The van der Waals surface area contributed by atoms with Crippen LogP contribution in [-0.2, 0) is 6.42 Å². The lowest BCUT2D eigenvalue weighted by atomic mass is 10.1. The molecule has 0 fully saturated rings. The number of aromatic nitrogens is 2. The molecule has 1 N–H and O–H groups in total. The average Bonchev–Trinajstić information content (AvgIpc) is 2.70. The molecule has 0 unspecified atom stereocenters. The first-order valence-corrected chi connectivity index (χ1v) is 7.15. The lowest BCUT2D eigenvalue weighted by Gasteiger charge is -2.07. The van der Waals surface area contributed by atoms with Gasteiger partial charge in [-0.3, -0.25) is 0 Å². The lowest BCUT2D eigenvalue weighted by Crippen LogP contribution is -2.05. The third-order valence-electron chi connectivity index (χ3n) is 3.14. The van der Waals surface area contributed by atoms with Crippen LogP contribution >= 0.6 is 15.9 Å². The third kappa shape index (κ3) is 3.56. The SMILES string of the molecule is Cc1cc(NCCCc2c(C)noc2C)ncc1Br. The van der Waals surface area contributed by atoms with Gasteiger partial charge in [0.1, 0.15) is 11.6 Å². The van der Waals surface area contributed by atoms with Gasteiger partial charge in [0.05, 0.1) is 5.69 Å². The van der Waals surface area contributed by atoms with E-state index in [0.29, 0.717) is 0 Å². The molecule has 0 aliphatic carbocycles. The van der Waals surface area contributed by atoms with E-state index >= 15 is 0 Å². The highest BCUT2D eigenvalue weighted by Gasteiger charge is 2.08. The summed E-state index contributed by atoms with van der Waals surface area (Å²) in [7, 11) is 0.